The fraction of sp³-hybridized carbons (Fsp3) is 0.333. The summed E-state index contributed by atoms with van der Waals surface area (Å²) in [4.78, 5) is 32.8. The molecule has 1 rings (SSSR count). The fourth-order valence-corrected chi connectivity index (χ4v) is 1.62. The van der Waals surface area contributed by atoms with Crippen molar-refractivity contribution in [2.24, 2.45) is 0 Å². The lowest BCUT2D eigenvalue weighted by Crippen LogP contribution is -2.38. The predicted octanol–water partition coefficient (Wildman–Crippen LogP) is 1.41. The lowest BCUT2D eigenvalue weighted by atomic mass is 10.0. The maximum atomic E-state index is 11.9. The molecule has 0 radical (unpaired) electrons. The van der Waals surface area contributed by atoms with Crippen LogP contribution in [0.5, 0.6) is 0 Å². The monoisotopic (exact) mass is 266 g/mol. The molecule has 7 nitrogen and oxygen atoms in total. The van der Waals surface area contributed by atoms with Gasteiger partial charge in [0.25, 0.3) is 11.6 Å². The highest BCUT2D eigenvalue weighted by Crippen LogP contribution is 2.22. The van der Waals surface area contributed by atoms with Crippen molar-refractivity contribution in [3.63, 3.8) is 0 Å². The topological polar surface area (TPSA) is 110 Å². The van der Waals surface area contributed by atoms with Crippen molar-refractivity contribution in [1.82, 2.24) is 5.32 Å². The number of nitrogens with zero attached hydrogens (tertiary/aromatic N) is 1. The lowest BCUT2D eigenvalue weighted by Gasteiger charge is -2.11. The Balaban J connectivity index is 3.13. The number of hydrogen-bond acceptors (Lipinski definition) is 4. The SMILES string of the molecule is Cc1cc(C)c([N+](=O)[O-])cc1C(=O)NC(C)C(=O)O. The Morgan fingerprint density at radius 3 is 2.37 bits per heavy atom. The highest BCUT2D eigenvalue weighted by atomic mass is 16.6. The van der Waals surface area contributed by atoms with E-state index in [9.17, 15) is 19.7 Å². The van der Waals surface area contributed by atoms with Crippen LogP contribution in [0.25, 0.3) is 0 Å². The van der Waals surface area contributed by atoms with Gasteiger partial charge in [-0.25, -0.2) is 0 Å². The van der Waals surface area contributed by atoms with E-state index in [2.05, 4.69) is 5.32 Å². The summed E-state index contributed by atoms with van der Waals surface area (Å²) in [5, 5.41) is 21.8. The van der Waals surface area contributed by atoms with Gasteiger partial charge in [0, 0.05) is 17.2 Å². The van der Waals surface area contributed by atoms with Gasteiger partial charge in [0.2, 0.25) is 0 Å². The average Bonchev–Trinajstić information content (AvgIpc) is 2.27. The van der Waals surface area contributed by atoms with Gasteiger partial charge in [0.05, 0.1) is 4.92 Å². The number of carbonyl (C=O) groups excluding carboxylic acids is 1. The number of aliphatic carboxylic acids is 1. The van der Waals surface area contributed by atoms with Crippen LogP contribution in [0.3, 0.4) is 0 Å². The molecular weight excluding hydrogens is 252 g/mol. The Labute approximate surface area is 109 Å². The molecule has 19 heavy (non-hydrogen) atoms. The molecule has 7 heteroatoms. The van der Waals surface area contributed by atoms with Crippen LogP contribution in [0.1, 0.15) is 28.4 Å². The summed E-state index contributed by atoms with van der Waals surface area (Å²) in [5.74, 6) is -1.82. The van der Waals surface area contributed by atoms with Gasteiger partial charge in [0.1, 0.15) is 6.04 Å². The summed E-state index contributed by atoms with van der Waals surface area (Å²) < 4.78 is 0. The number of nitro groups is 1. The molecule has 0 heterocycles. The smallest absolute Gasteiger partial charge is 0.325 e. The Hall–Kier alpha value is -2.44. The van der Waals surface area contributed by atoms with E-state index in [4.69, 9.17) is 5.11 Å². The van der Waals surface area contributed by atoms with E-state index in [1.54, 1.807) is 13.8 Å². The van der Waals surface area contributed by atoms with Crippen molar-refractivity contribution in [3.8, 4) is 0 Å². The molecule has 1 aromatic carbocycles. The maximum absolute atomic E-state index is 11.9. The van der Waals surface area contributed by atoms with E-state index in [1.807, 2.05) is 0 Å². The van der Waals surface area contributed by atoms with Gasteiger partial charge in [-0.1, -0.05) is 0 Å². The van der Waals surface area contributed by atoms with E-state index in [0.717, 1.165) is 6.07 Å². The highest BCUT2D eigenvalue weighted by Gasteiger charge is 2.20. The fourth-order valence-electron chi connectivity index (χ4n) is 1.62. The van der Waals surface area contributed by atoms with Gasteiger partial charge in [-0.05, 0) is 32.4 Å². The number of hydrogen-bond donors (Lipinski definition) is 2. The third-order valence-electron chi connectivity index (χ3n) is 2.70. The number of carboxylic acids is 1. The Kier molecular flexibility index (Phi) is 4.21. The van der Waals surface area contributed by atoms with Crippen molar-refractivity contribution < 1.29 is 19.6 Å². The number of nitro benzene ring substituents is 1. The molecule has 1 amide bonds. The molecule has 0 aliphatic heterocycles. The summed E-state index contributed by atoms with van der Waals surface area (Å²) in [5.41, 5.74) is 0.938. The first-order valence-corrected chi connectivity index (χ1v) is 5.53. The number of carbonyl (C=O) groups is 2. The quantitative estimate of drug-likeness (QED) is 0.632. The molecule has 0 spiro atoms. The Morgan fingerprint density at radius 2 is 1.89 bits per heavy atom. The average molecular weight is 266 g/mol. The van der Waals surface area contributed by atoms with E-state index < -0.39 is 22.8 Å². The molecular formula is C12H14N2O5. The van der Waals surface area contributed by atoms with Crippen LogP contribution in [-0.4, -0.2) is 27.9 Å². The molecule has 2 N–H and O–H groups in total. The zero-order chi connectivity index (χ0) is 14.7. The van der Waals surface area contributed by atoms with E-state index in [1.165, 1.54) is 13.0 Å². The van der Waals surface area contributed by atoms with E-state index in [-0.39, 0.29) is 11.3 Å². The highest BCUT2D eigenvalue weighted by molar-refractivity contribution is 5.98. The molecule has 1 aromatic rings. The van der Waals surface area contributed by atoms with Crippen LogP contribution in [0.15, 0.2) is 12.1 Å². The van der Waals surface area contributed by atoms with Crippen LogP contribution in [-0.2, 0) is 4.79 Å². The Morgan fingerprint density at radius 1 is 1.32 bits per heavy atom. The second-order valence-corrected chi connectivity index (χ2v) is 4.24. The zero-order valence-electron chi connectivity index (χ0n) is 10.8. The first-order chi connectivity index (χ1) is 8.73. The van der Waals surface area contributed by atoms with Gasteiger partial charge in [-0.2, -0.15) is 0 Å². The van der Waals surface area contributed by atoms with Gasteiger partial charge in [-0.15, -0.1) is 0 Å². The molecule has 102 valence electrons. The minimum atomic E-state index is -1.17. The molecule has 1 atom stereocenters. The van der Waals surface area contributed by atoms with Crippen molar-refractivity contribution >= 4 is 17.6 Å². The first kappa shape index (κ1) is 14.6. The molecule has 0 fully saturated rings. The van der Waals surface area contributed by atoms with Crippen LogP contribution < -0.4 is 5.32 Å². The summed E-state index contributed by atoms with van der Waals surface area (Å²) in [6.45, 7) is 4.53. The summed E-state index contributed by atoms with van der Waals surface area (Å²) in [7, 11) is 0. The molecule has 1 unspecified atom stereocenters. The standard InChI is InChI=1S/C12H14N2O5/c1-6-4-7(2)10(14(18)19)5-9(6)11(15)13-8(3)12(16)17/h4-5,8H,1-3H3,(H,13,15)(H,16,17). The minimum Gasteiger partial charge on any atom is -0.480 e. The van der Waals surface area contributed by atoms with Crippen molar-refractivity contribution in [2.45, 2.75) is 26.8 Å². The first-order valence-electron chi connectivity index (χ1n) is 5.53. The summed E-state index contributed by atoms with van der Waals surface area (Å²) in [6.07, 6.45) is 0. The van der Waals surface area contributed by atoms with Crippen molar-refractivity contribution in [1.29, 1.82) is 0 Å². The largest absolute Gasteiger partial charge is 0.480 e. The zero-order valence-corrected chi connectivity index (χ0v) is 10.8. The number of benzene rings is 1. The maximum Gasteiger partial charge on any atom is 0.325 e. The van der Waals surface area contributed by atoms with Gasteiger partial charge < -0.3 is 10.4 Å². The van der Waals surface area contributed by atoms with Crippen LogP contribution in [0.4, 0.5) is 5.69 Å². The third kappa shape index (κ3) is 3.27. The number of amides is 1. The van der Waals surface area contributed by atoms with Gasteiger partial charge in [0.15, 0.2) is 0 Å². The molecule has 0 bridgehead atoms. The molecule has 0 saturated heterocycles. The summed E-state index contributed by atoms with van der Waals surface area (Å²) in [6, 6.07) is 1.62. The molecule has 0 aliphatic carbocycles. The van der Waals surface area contributed by atoms with Gasteiger partial charge >= 0.3 is 5.97 Å². The van der Waals surface area contributed by atoms with Crippen LogP contribution in [0.2, 0.25) is 0 Å². The van der Waals surface area contributed by atoms with E-state index >= 15 is 0 Å². The van der Waals surface area contributed by atoms with Crippen molar-refractivity contribution in [2.75, 3.05) is 0 Å². The number of nitrogens with one attached hydrogen (secondary N) is 1. The van der Waals surface area contributed by atoms with Crippen LogP contribution in [0, 0.1) is 24.0 Å². The number of aryl methyl sites for hydroxylation is 2. The van der Waals surface area contributed by atoms with Gasteiger partial charge in [-0.3, -0.25) is 19.7 Å². The Bertz CT molecular complexity index is 553. The van der Waals surface area contributed by atoms with Crippen molar-refractivity contribution in [3.05, 3.63) is 38.9 Å². The molecule has 0 aliphatic rings. The second-order valence-electron chi connectivity index (χ2n) is 4.24. The number of carboxylic acid groups (broad SMARTS) is 1. The van der Waals surface area contributed by atoms with Crippen LogP contribution >= 0.6 is 0 Å². The number of rotatable bonds is 4. The molecule has 0 saturated carbocycles. The minimum absolute atomic E-state index is 0.102. The van der Waals surface area contributed by atoms with E-state index in [0.29, 0.717) is 11.1 Å². The second kappa shape index (κ2) is 5.47. The lowest BCUT2D eigenvalue weighted by molar-refractivity contribution is -0.385. The predicted molar refractivity (Wildman–Crippen MR) is 67.1 cm³/mol. The third-order valence-corrected chi connectivity index (χ3v) is 2.70. The summed E-state index contributed by atoms with van der Waals surface area (Å²) >= 11 is 0. The molecule has 0 aromatic heterocycles. The normalized spacial score (nSPS) is 11.7.